The van der Waals surface area contributed by atoms with Crippen LogP contribution in [0.2, 0.25) is 0 Å². The molecule has 2 aromatic carbocycles. The van der Waals surface area contributed by atoms with E-state index in [0.29, 0.717) is 37.2 Å². The summed E-state index contributed by atoms with van der Waals surface area (Å²) < 4.78 is 12.9. The highest BCUT2D eigenvalue weighted by Gasteiger charge is 2.27. The number of carbonyl (C=O) groups excluding carboxylic acids is 2. The average molecular weight is 326 g/mol. The summed E-state index contributed by atoms with van der Waals surface area (Å²) in [6, 6.07) is 14.9. The van der Waals surface area contributed by atoms with E-state index in [-0.39, 0.29) is 23.5 Å². The lowest BCUT2D eigenvalue weighted by Gasteiger charge is -2.31. The second-order valence-electron chi connectivity index (χ2n) is 5.93. The highest BCUT2D eigenvalue weighted by atomic mass is 19.1. The minimum Gasteiger partial charge on any atom is -0.339 e. The van der Waals surface area contributed by atoms with E-state index in [4.69, 9.17) is 0 Å². The molecule has 2 aromatic rings. The van der Waals surface area contributed by atoms with E-state index in [9.17, 15) is 14.0 Å². The van der Waals surface area contributed by atoms with Gasteiger partial charge in [-0.2, -0.15) is 0 Å². The summed E-state index contributed by atoms with van der Waals surface area (Å²) in [5, 5.41) is 2.81. The quantitative estimate of drug-likeness (QED) is 0.941. The number of anilines is 1. The van der Waals surface area contributed by atoms with Gasteiger partial charge in [0, 0.05) is 30.3 Å². The fourth-order valence-corrected chi connectivity index (χ4v) is 2.89. The number of hydrogen-bond acceptors (Lipinski definition) is 2. The summed E-state index contributed by atoms with van der Waals surface area (Å²) in [6.45, 7) is 1.13. The molecule has 1 saturated heterocycles. The van der Waals surface area contributed by atoms with Crippen molar-refractivity contribution in [1.29, 1.82) is 0 Å². The number of piperidine rings is 1. The highest BCUT2D eigenvalue weighted by Crippen LogP contribution is 2.21. The number of halogens is 1. The molecular weight excluding hydrogens is 307 g/mol. The molecule has 0 aromatic heterocycles. The Kier molecular flexibility index (Phi) is 4.89. The molecule has 1 fully saturated rings. The van der Waals surface area contributed by atoms with Gasteiger partial charge in [0.25, 0.3) is 5.91 Å². The maximum atomic E-state index is 12.9. The molecule has 0 unspecified atom stereocenters. The molecule has 1 aliphatic rings. The van der Waals surface area contributed by atoms with E-state index in [0.717, 1.165) is 0 Å². The molecule has 0 bridgehead atoms. The van der Waals surface area contributed by atoms with Crippen molar-refractivity contribution in [3.8, 4) is 0 Å². The molecule has 1 aliphatic heterocycles. The average Bonchev–Trinajstić information content (AvgIpc) is 2.64. The Hall–Kier alpha value is -2.69. The summed E-state index contributed by atoms with van der Waals surface area (Å²) in [5.74, 6) is -0.531. The molecule has 1 heterocycles. The number of nitrogens with zero attached hydrogens (tertiary/aromatic N) is 1. The fourth-order valence-electron chi connectivity index (χ4n) is 2.89. The van der Waals surface area contributed by atoms with Crippen LogP contribution in [0, 0.1) is 11.7 Å². The van der Waals surface area contributed by atoms with Gasteiger partial charge in [-0.25, -0.2) is 4.39 Å². The first-order chi connectivity index (χ1) is 11.6. The zero-order valence-electron chi connectivity index (χ0n) is 13.2. The van der Waals surface area contributed by atoms with Crippen LogP contribution in [0.5, 0.6) is 0 Å². The van der Waals surface area contributed by atoms with Gasteiger partial charge >= 0.3 is 0 Å². The molecule has 0 atom stereocenters. The first-order valence-corrected chi connectivity index (χ1v) is 8.04. The van der Waals surface area contributed by atoms with Gasteiger partial charge in [0.15, 0.2) is 0 Å². The van der Waals surface area contributed by atoms with Crippen LogP contribution in [0.3, 0.4) is 0 Å². The van der Waals surface area contributed by atoms with E-state index < -0.39 is 0 Å². The molecule has 0 radical (unpaired) electrons. The Morgan fingerprint density at radius 2 is 1.58 bits per heavy atom. The van der Waals surface area contributed by atoms with Crippen molar-refractivity contribution in [3.63, 3.8) is 0 Å². The first kappa shape index (κ1) is 16.2. The van der Waals surface area contributed by atoms with Crippen LogP contribution >= 0.6 is 0 Å². The Balaban J connectivity index is 1.54. The standard InChI is InChI=1S/C19H19FN2O2/c20-16-6-8-17(9-7-16)21-18(23)14-10-12-22(13-11-14)19(24)15-4-2-1-3-5-15/h1-9,14H,10-13H2,(H,21,23). The van der Waals surface area contributed by atoms with Crippen LogP contribution in [0.15, 0.2) is 54.6 Å². The molecule has 1 N–H and O–H groups in total. The third kappa shape index (κ3) is 3.79. The van der Waals surface area contributed by atoms with Gasteiger partial charge in [0.05, 0.1) is 0 Å². The Morgan fingerprint density at radius 3 is 2.21 bits per heavy atom. The number of amides is 2. The molecule has 0 spiro atoms. The molecule has 5 heteroatoms. The smallest absolute Gasteiger partial charge is 0.253 e. The van der Waals surface area contributed by atoms with E-state index >= 15 is 0 Å². The lowest BCUT2D eigenvalue weighted by molar-refractivity contribution is -0.121. The zero-order chi connectivity index (χ0) is 16.9. The molecule has 3 rings (SSSR count). The van der Waals surface area contributed by atoms with Crippen molar-refractivity contribution in [1.82, 2.24) is 4.90 Å². The highest BCUT2D eigenvalue weighted by molar-refractivity contribution is 5.95. The van der Waals surface area contributed by atoms with E-state index in [1.54, 1.807) is 29.2 Å². The minimum absolute atomic E-state index is 0.00740. The minimum atomic E-state index is -0.333. The second-order valence-corrected chi connectivity index (χ2v) is 5.93. The fraction of sp³-hybridized carbons (Fsp3) is 0.263. The number of hydrogen-bond donors (Lipinski definition) is 1. The van der Waals surface area contributed by atoms with E-state index in [2.05, 4.69) is 5.32 Å². The number of likely N-dealkylation sites (tertiary alicyclic amines) is 1. The molecule has 2 amide bonds. The second kappa shape index (κ2) is 7.25. The summed E-state index contributed by atoms with van der Waals surface area (Å²) in [7, 11) is 0. The largest absolute Gasteiger partial charge is 0.339 e. The van der Waals surface area contributed by atoms with Crippen molar-refractivity contribution in [2.45, 2.75) is 12.8 Å². The number of benzene rings is 2. The van der Waals surface area contributed by atoms with Gasteiger partial charge in [-0.3, -0.25) is 9.59 Å². The Morgan fingerprint density at radius 1 is 0.958 bits per heavy atom. The number of carbonyl (C=O) groups is 2. The van der Waals surface area contributed by atoms with Crippen LogP contribution in [0.25, 0.3) is 0 Å². The van der Waals surface area contributed by atoms with Crippen molar-refractivity contribution in [2.24, 2.45) is 5.92 Å². The van der Waals surface area contributed by atoms with Crippen LogP contribution in [0.1, 0.15) is 23.2 Å². The third-order valence-corrected chi connectivity index (χ3v) is 4.29. The summed E-state index contributed by atoms with van der Waals surface area (Å²) >= 11 is 0. The zero-order valence-corrected chi connectivity index (χ0v) is 13.2. The monoisotopic (exact) mass is 326 g/mol. The first-order valence-electron chi connectivity index (χ1n) is 8.04. The van der Waals surface area contributed by atoms with Gasteiger partial charge < -0.3 is 10.2 Å². The molecular formula is C19H19FN2O2. The summed E-state index contributed by atoms with van der Waals surface area (Å²) in [4.78, 5) is 26.5. The Labute approximate surface area is 140 Å². The summed E-state index contributed by atoms with van der Waals surface area (Å²) in [5.41, 5.74) is 1.26. The topological polar surface area (TPSA) is 49.4 Å². The Bertz CT molecular complexity index is 708. The maximum absolute atomic E-state index is 12.9. The van der Waals surface area contributed by atoms with Crippen LogP contribution < -0.4 is 5.32 Å². The predicted molar refractivity (Wildman–Crippen MR) is 90.1 cm³/mol. The van der Waals surface area contributed by atoms with Gasteiger partial charge in [0.1, 0.15) is 5.82 Å². The van der Waals surface area contributed by atoms with Gasteiger partial charge in [-0.15, -0.1) is 0 Å². The number of nitrogens with one attached hydrogen (secondary N) is 1. The van der Waals surface area contributed by atoms with Gasteiger partial charge in [-0.05, 0) is 49.2 Å². The van der Waals surface area contributed by atoms with Gasteiger partial charge in [-0.1, -0.05) is 18.2 Å². The van der Waals surface area contributed by atoms with Crippen LogP contribution in [0.4, 0.5) is 10.1 Å². The maximum Gasteiger partial charge on any atom is 0.253 e. The van der Waals surface area contributed by atoms with E-state index in [1.165, 1.54) is 12.1 Å². The molecule has 124 valence electrons. The van der Waals surface area contributed by atoms with Crippen molar-refractivity contribution >= 4 is 17.5 Å². The SMILES string of the molecule is O=C(Nc1ccc(F)cc1)C1CCN(C(=O)c2ccccc2)CC1. The normalized spacial score (nSPS) is 15.1. The van der Waals surface area contributed by atoms with Crippen LogP contribution in [-0.4, -0.2) is 29.8 Å². The lowest BCUT2D eigenvalue weighted by Crippen LogP contribution is -2.41. The van der Waals surface area contributed by atoms with E-state index in [1.807, 2.05) is 18.2 Å². The van der Waals surface area contributed by atoms with Crippen molar-refractivity contribution < 1.29 is 14.0 Å². The molecule has 0 saturated carbocycles. The van der Waals surface area contributed by atoms with Crippen molar-refractivity contribution in [2.75, 3.05) is 18.4 Å². The molecule has 4 nitrogen and oxygen atoms in total. The lowest BCUT2D eigenvalue weighted by atomic mass is 9.95. The third-order valence-electron chi connectivity index (χ3n) is 4.29. The van der Waals surface area contributed by atoms with Crippen LogP contribution in [-0.2, 0) is 4.79 Å². The summed E-state index contributed by atoms with van der Waals surface area (Å²) in [6.07, 6.45) is 1.26. The number of rotatable bonds is 3. The van der Waals surface area contributed by atoms with Crippen molar-refractivity contribution in [3.05, 3.63) is 66.0 Å². The molecule has 0 aliphatic carbocycles. The predicted octanol–water partition coefficient (Wildman–Crippen LogP) is 3.32. The van der Waals surface area contributed by atoms with Gasteiger partial charge in [0.2, 0.25) is 5.91 Å². The molecule has 24 heavy (non-hydrogen) atoms.